The average Bonchev–Trinajstić information content (AvgIpc) is 3.19. The lowest BCUT2D eigenvalue weighted by Gasteiger charge is -2.26. The Morgan fingerprint density at radius 3 is 2.78 bits per heavy atom. The molecule has 0 saturated carbocycles. The zero-order valence-electron chi connectivity index (χ0n) is 15.5. The second-order valence-corrected chi connectivity index (χ2v) is 9.66. The van der Waals surface area contributed by atoms with Gasteiger partial charge in [-0.3, -0.25) is 4.79 Å². The molecule has 4 rings (SSSR count). The summed E-state index contributed by atoms with van der Waals surface area (Å²) in [7, 11) is -1.13. The van der Waals surface area contributed by atoms with Crippen LogP contribution in [0.4, 0.5) is 11.5 Å². The highest BCUT2D eigenvalue weighted by molar-refractivity contribution is 7.91. The first-order valence-electron chi connectivity index (χ1n) is 9.16. The number of amides is 1. The molecule has 142 valence electrons. The summed E-state index contributed by atoms with van der Waals surface area (Å²) in [6.07, 6.45) is 3.06. The predicted octanol–water partition coefficient (Wildman–Crippen LogP) is 2.30. The minimum atomic E-state index is -2.97. The van der Waals surface area contributed by atoms with E-state index in [-0.39, 0.29) is 29.5 Å². The molecule has 2 aromatic rings. The van der Waals surface area contributed by atoms with Crippen molar-refractivity contribution >= 4 is 27.2 Å². The standard InChI is InChI=1S/C20H23N3O3S/c1-14-11-15-5-3-4-6-18(15)23(14)20(24)16-7-9-21-19(12-16)22(2)17-8-10-27(25,26)13-17/h3-7,9,12,14,17H,8,10-11,13H2,1-2H3. The molecule has 2 aliphatic rings. The van der Waals surface area contributed by atoms with Gasteiger partial charge in [-0.1, -0.05) is 18.2 Å². The van der Waals surface area contributed by atoms with Gasteiger partial charge in [0.05, 0.1) is 11.5 Å². The van der Waals surface area contributed by atoms with E-state index in [2.05, 4.69) is 18.0 Å². The highest BCUT2D eigenvalue weighted by Crippen LogP contribution is 2.33. The van der Waals surface area contributed by atoms with Crippen molar-refractivity contribution in [3.63, 3.8) is 0 Å². The Balaban J connectivity index is 1.60. The van der Waals surface area contributed by atoms with E-state index >= 15 is 0 Å². The highest BCUT2D eigenvalue weighted by atomic mass is 32.2. The molecule has 0 spiro atoms. The summed E-state index contributed by atoms with van der Waals surface area (Å²) in [5.41, 5.74) is 2.71. The first-order chi connectivity index (χ1) is 12.9. The number of carbonyl (C=O) groups excluding carboxylic acids is 1. The Bertz CT molecular complexity index is 989. The second-order valence-electron chi connectivity index (χ2n) is 7.43. The number of aromatic nitrogens is 1. The monoisotopic (exact) mass is 385 g/mol. The molecule has 0 radical (unpaired) electrons. The molecule has 27 heavy (non-hydrogen) atoms. The van der Waals surface area contributed by atoms with Crippen LogP contribution in [0.1, 0.15) is 29.3 Å². The van der Waals surface area contributed by atoms with E-state index in [0.29, 0.717) is 17.8 Å². The number of sulfone groups is 1. The third kappa shape index (κ3) is 3.32. The van der Waals surface area contributed by atoms with Crippen LogP contribution in [0.15, 0.2) is 42.6 Å². The maximum atomic E-state index is 13.2. The average molecular weight is 385 g/mol. The van der Waals surface area contributed by atoms with Crippen LogP contribution in [0.3, 0.4) is 0 Å². The van der Waals surface area contributed by atoms with Crippen LogP contribution in [0.25, 0.3) is 0 Å². The Morgan fingerprint density at radius 1 is 1.26 bits per heavy atom. The SMILES string of the molecule is CC1Cc2ccccc2N1C(=O)c1ccnc(N(C)C2CCS(=O)(=O)C2)c1. The molecule has 2 aliphatic heterocycles. The van der Waals surface area contributed by atoms with Gasteiger partial charge in [-0.2, -0.15) is 0 Å². The van der Waals surface area contributed by atoms with Crippen molar-refractivity contribution in [1.29, 1.82) is 0 Å². The van der Waals surface area contributed by atoms with E-state index in [1.807, 2.05) is 35.0 Å². The van der Waals surface area contributed by atoms with Crippen LogP contribution >= 0.6 is 0 Å². The molecular weight excluding hydrogens is 362 g/mol. The fourth-order valence-electron chi connectivity index (χ4n) is 4.03. The van der Waals surface area contributed by atoms with Crippen molar-refractivity contribution in [2.45, 2.75) is 31.8 Å². The lowest BCUT2D eigenvalue weighted by molar-refractivity contribution is 0.0981. The van der Waals surface area contributed by atoms with Gasteiger partial charge in [-0.15, -0.1) is 0 Å². The Kier molecular flexibility index (Phi) is 4.42. The molecule has 0 aliphatic carbocycles. The van der Waals surface area contributed by atoms with E-state index in [4.69, 9.17) is 0 Å². The molecular formula is C20H23N3O3S. The number of nitrogens with zero attached hydrogens (tertiary/aromatic N) is 3. The summed E-state index contributed by atoms with van der Waals surface area (Å²) in [4.78, 5) is 21.3. The van der Waals surface area contributed by atoms with Gasteiger partial charge >= 0.3 is 0 Å². The molecule has 1 fully saturated rings. The third-order valence-electron chi connectivity index (χ3n) is 5.54. The first kappa shape index (κ1) is 18.0. The quantitative estimate of drug-likeness (QED) is 0.811. The maximum absolute atomic E-state index is 13.2. The number of rotatable bonds is 3. The summed E-state index contributed by atoms with van der Waals surface area (Å²) < 4.78 is 23.5. The number of pyridine rings is 1. The van der Waals surface area contributed by atoms with Gasteiger partial charge in [0.25, 0.3) is 5.91 Å². The summed E-state index contributed by atoms with van der Waals surface area (Å²) in [5, 5.41) is 0. The van der Waals surface area contributed by atoms with E-state index in [1.54, 1.807) is 18.3 Å². The van der Waals surface area contributed by atoms with E-state index in [9.17, 15) is 13.2 Å². The molecule has 0 N–H and O–H groups in total. The number of para-hydroxylation sites is 1. The van der Waals surface area contributed by atoms with Gasteiger partial charge in [-0.05, 0) is 43.5 Å². The maximum Gasteiger partial charge on any atom is 0.258 e. The van der Waals surface area contributed by atoms with E-state index in [1.165, 1.54) is 5.56 Å². The topological polar surface area (TPSA) is 70.6 Å². The van der Waals surface area contributed by atoms with Gasteiger partial charge in [-0.25, -0.2) is 13.4 Å². The largest absolute Gasteiger partial charge is 0.356 e. The molecule has 1 aromatic carbocycles. The van der Waals surface area contributed by atoms with Crippen molar-refractivity contribution in [2.75, 3.05) is 28.4 Å². The summed E-state index contributed by atoms with van der Waals surface area (Å²) in [6.45, 7) is 2.05. The molecule has 1 saturated heterocycles. The van der Waals surface area contributed by atoms with Crippen molar-refractivity contribution < 1.29 is 13.2 Å². The number of anilines is 2. The van der Waals surface area contributed by atoms with E-state index < -0.39 is 9.84 Å². The molecule has 3 heterocycles. The van der Waals surface area contributed by atoms with Gasteiger partial charge in [0.15, 0.2) is 9.84 Å². The fraction of sp³-hybridized carbons (Fsp3) is 0.400. The van der Waals surface area contributed by atoms with Crippen LogP contribution in [0, 0.1) is 0 Å². The summed E-state index contributed by atoms with van der Waals surface area (Å²) >= 11 is 0. The number of carbonyl (C=O) groups is 1. The van der Waals surface area contributed by atoms with Gasteiger partial charge < -0.3 is 9.80 Å². The molecule has 1 aromatic heterocycles. The highest BCUT2D eigenvalue weighted by Gasteiger charge is 2.33. The minimum absolute atomic E-state index is 0.0523. The number of hydrogen-bond donors (Lipinski definition) is 0. The van der Waals surface area contributed by atoms with Gasteiger partial charge in [0.2, 0.25) is 0 Å². The number of benzene rings is 1. The lowest BCUT2D eigenvalue weighted by Crippen LogP contribution is -2.36. The van der Waals surface area contributed by atoms with Crippen molar-refractivity contribution in [2.24, 2.45) is 0 Å². The minimum Gasteiger partial charge on any atom is -0.356 e. The second kappa shape index (κ2) is 6.64. The molecule has 2 atom stereocenters. The lowest BCUT2D eigenvalue weighted by atomic mass is 10.1. The smallest absolute Gasteiger partial charge is 0.258 e. The van der Waals surface area contributed by atoms with Crippen molar-refractivity contribution in [1.82, 2.24) is 4.98 Å². The van der Waals surface area contributed by atoms with Gasteiger partial charge in [0.1, 0.15) is 5.82 Å². The van der Waals surface area contributed by atoms with Crippen LogP contribution in [0.5, 0.6) is 0 Å². The van der Waals surface area contributed by atoms with Crippen LogP contribution < -0.4 is 9.80 Å². The molecule has 0 bridgehead atoms. The Hall–Kier alpha value is -2.41. The normalized spacial score (nSPS) is 23.3. The third-order valence-corrected chi connectivity index (χ3v) is 7.29. The predicted molar refractivity (Wildman–Crippen MR) is 106 cm³/mol. The Labute approximate surface area is 159 Å². The van der Waals surface area contributed by atoms with Crippen LogP contribution in [0.2, 0.25) is 0 Å². The van der Waals surface area contributed by atoms with Gasteiger partial charge in [0, 0.05) is 36.6 Å². The number of fused-ring (bicyclic) bond motifs is 1. The summed E-state index contributed by atoms with van der Waals surface area (Å²) in [6, 6.07) is 11.5. The summed E-state index contributed by atoms with van der Waals surface area (Å²) in [5.74, 6) is 0.925. The van der Waals surface area contributed by atoms with Crippen molar-refractivity contribution in [3.8, 4) is 0 Å². The molecule has 6 nitrogen and oxygen atoms in total. The fourth-order valence-corrected chi connectivity index (χ4v) is 5.80. The number of hydrogen-bond acceptors (Lipinski definition) is 5. The van der Waals surface area contributed by atoms with Crippen LogP contribution in [-0.4, -0.2) is 49.9 Å². The van der Waals surface area contributed by atoms with E-state index in [0.717, 1.165) is 12.1 Å². The molecule has 7 heteroatoms. The van der Waals surface area contributed by atoms with Crippen LogP contribution in [-0.2, 0) is 16.3 Å². The first-order valence-corrected chi connectivity index (χ1v) is 11.0. The molecule has 1 amide bonds. The molecule has 2 unspecified atom stereocenters. The Morgan fingerprint density at radius 2 is 2.04 bits per heavy atom. The van der Waals surface area contributed by atoms with Crippen molar-refractivity contribution in [3.05, 3.63) is 53.7 Å². The zero-order chi connectivity index (χ0) is 19.2. The zero-order valence-corrected chi connectivity index (χ0v) is 16.3.